The molecule has 0 unspecified atom stereocenters. The van der Waals surface area contributed by atoms with Crippen LogP contribution in [0.15, 0.2) is 106 Å². The van der Waals surface area contributed by atoms with Crippen LogP contribution in [0.4, 0.5) is 28.4 Å². The summed E-state index contributed by atoms with van der Waals surface area (Å²) >= 11 is 0. The minimum atomic E-state index is -0.421. The average molecular weight is 444 g/mol. The van der Waals surface area contributed by atoms with Crippen LogP contribution in [0.1, 0.15) is 6.92 Å². The first kappa shape index (κ1) is 23.3. The molecule has 168 valence electrons. The van der Waals surface area contributed by atoms with Gasteiger partial charge >= 0.3 is 5.97 Å². The molecule has 0 atom stereocenters. The molecule has 0 saturated heterocycles. The maximum Gasteiger partial charge on any atom is 0.330 e. The summed E-state index contributed by atoms with van der Waals surface area (Å²) < 4.78 is 5.05. The van der Waals surface area contributed by atoms with Crippen LogP contribution < -0.4 is 4.90 Å². The quantitative estimate of drug-likeness (QED) is 0.212. The predicted octanol–water partition coefficient (Wildman–Crippen LogP) is 6.78. The lowest BCUT2D eigenvalue weighted by Crippen LogP contribution is -2.27. The molecular weight excluding hydrogens is 418 g/mol. The molecule has 0 spiro atoms. The lowest BCUT2D eigenvalue weighted by Gasteiger charge is -2.22. The number of phenolic OH excluding ortho intramolecular Hbond substituents is 1. The van der Waals surface area contributed by atoms with Gasteiger partial charge in [0.25, 0.3) is 0 Å². The van der Waals surface area contributed by atoms with Crippen molar-refractivity contribution in [3.8, 4) is 5.75 Å². The minimum Gasteiger partial charge on any atom is -0.508 e. The number of carbonyl (C=O) groups is 1. The Kier molecular flexibility index (Phi) is 8.41. The van der Waals surface area contributed by atoms with E-state index in [1.807, 2.05) is 43.3 Å². The van der Waals surface area contributed by atoms with E-state index in [1.165, 1.54) is 0 Å². The van der Waals surface area contributed by atoms with E-state index in [1.54, 1.807) is 36.4 Å². The molecule has 0 aliphatic carbocycles. The Balaban J connectivity index is 1.56. The van der Waals surface area contributed by atoms with Gasteiger partial charge in [0.2, 0.25) is 0 Å². The summed E-state index contributed by atoms with van der Waals surface area (Å²) in [5.41, 5.74) is 3.77. The number of hydrogen-bond donors (Lipinski definition) is 1. The first-order valence-electron chi connectivity index (χ1n) is 10.4. The third-order valence-corrected chi connectivity index (χ3v) is 4.63. The molecule has 3 aromatic rings. The largest absolute Gasteiger partial charge is 0.508 e. The molecule has 0 amide bonds. The number of aromatic hydroxyl groups is 1. The number of hydrogen-bond acceptors (Lipinski definition) is 8. The van der Waals surface area contributed by atoms with E-state index in [0.29, 0.717) is 30.2 Å². The molecule has 0 aliphatic heterocycles. The van der Waals surface area contributed by atoms with Gasteiger partial charge in [-0.3, -0.25) is 0 Å². The Hall–Kier alpha value is -4.33. The second-order valence-electron chi connectivity index (χ2n) is 6.90. The highest BCUT2D eigenvalue weighted by atomic mass is 16.5. The lowest BCUT2D eigenvalue weighted by atomic mass is 10.2. The van der Waals surface area contributed by atoms with Gasteiger partial charge in [0.1, 0.15) is 12.4 Å². The average Bonchev–Trinajstić information content (AvgIpc) is 2.86. The number of likely N-dealkylation sites (N-methyl/N-ethyl adjacent to an activating group) is 1. The van der Waals surface area contributed by atoms with E-state index in [-0.39, 0.29) is 5.75 Å². The van der Waals surface area contributed by atoms with Crippen LogP contribution in [0.2, 0.25) is 0 Å². The monoisotopic (exact) mass is 443 g/mol. The van der Waals surface area contributed by atoms with Crippen molar-refractivity contribution in [3.05, 3.63) is 85.5 Å². The number of carbonyl (C=O) groups excluding carboxylic acids is 1. The molecule has 1 N–H and O–H groups in total. The van der Waals surface area contributed by atoms with Crippen molar-refractivity contribution >= 4 is 34.4 Å². The Morgan fingerprint density at radius 1 is 0.848 bits per heavy atom. The zero-order valence-corrected chi connectivity index (χ0v) is 18.3. The van der Waals surface area contributed by atoms with Crippen molar-refractivity contribution in [2.75, 3.05) is 24.6 Å². The molecule has 0 saturated carbocycles. The van der Waals surface area contributed by atoms with E-state index >= 15 is 0 Å². The third kappa shape index (κ3) is 7.39. The molecule has 3 rings (SSSR count). The van der Waals surface area contributed by atoms with Crippen LogP contribution in [0, 0.1) is 0 Å². The van der Waals surface area contributed by atoms with E-state index < -0.39 is 5.97 Å². The first-order chi connectivity index (χ1) is 16.1. The standard InChI is InChI=1S/C25H25N5O3/c1-3-25(32)33-18-17-30(4-2)23-13-9-21(10-14-23)28-26-19-5-7-20(8-6-19)27-29-22-11-15-24(31)16-12-22/h3,5-16,31H,1,4,17-18H2,2H3. The van der Waals surface area contributed by atoms with Crippen LogP contribution in [0.3, 0.4) is 0 Å². The van der Waals surface area contributed by atoms with Gasteiger partial charge in [0, 0.05) is 18.3 Å². The van der Waals surface area contributed by atoms with Crippen molar-refractivity contribution in [2.24, 2.45) is 20.5 Å². The number of benzene rings is 3. The molecule has 0 bridgehead atoms. The molecule has 3 aromatic carbocycles. The zero-order valence-electron chi connectivity index (χ0n) is 18.3. The predicted molar refractivity (Wildman–Crippen MR) is 128 cm³/mol. The summed E-state index contributed by atoms with van der Waals surface area (Å²) in [6.45, 7) is 7.09. The van der Waals surface area contributed by atoms with Crippen molar-refractivity contribution in [3.63, 3.8) is 0 Å². The van der Waals surface area contributed by atoms with Gasteiger partial charge in [0.15, 0.2) is 0 Å². The lowest BCUT2D eigenvalue weighted by molar-refractivity contribution is -0.137. The molecule has 33 heavy (non-hydrogen) atoms. The third-order valence-electron chi connectivity index (χ3n) is 4.63. The summed E-state index contributed by atoms with van der Waals surface area (Å²) in [7, 11) is 0. The van der Waals surface area contributed by atoms with Gasteiger partial charge in [-0.25, -0.2) is 4.79 Å². The smallest absolute Gasteiger partial charge is 0.330 e. The van der Waals surface area contributed by atoms with Gasteiger partial charge in [-0.2, -0.15) is 20.5 Å². The highest BCUT2D eigenvalue weighted by molar-refractivity contribution is 5.81. The van der Waals surface area contributed by atoms with Crippen molar-refractivity contribution in [1.29, 1.82) is 0 Å². The number of azo groups is 2. The highest BCUT2D eigenvalue weighted by Gasteiger charge is 2.05. The summed E-state index contributed by atoms with van der Waals surface area (Å²) in [4.78, 5) is 13.3. The van der Waals surface area contributed by atoms with E-state index in [4.69, 9.17) is 4.74 Å². The summed E-state index contributed by atoms with van der Waals surface area (Å²) in [5.74, 6) is -0.234. The second-order valence-corrected chi connectivity index (χ2v) is 6.90. The Bertz CT molecular complexity index is 1110. The molecule has 0 aromatic heterocycles. The maximum absolute atomic E-state index is 11.2. The minimum absolute atomic E-state index is 0.188. The fraction of sp³-hybridized carbons (Fsp3) is 0.160. The maximum atomic E-state index is 11.2. The molecule has 0 fully saturated rings. The molecule has 0 heterocycles. The first-order valence-corrected chi connectivity index (χ1v) is 10.4. The second kappa shape index (κ2) is 11.9. The van der Waals surface area contributed by atoms with Gasteiger partial charge in [-0.1, -0.05) is 6.58 Å². The molecule has 0 aliphatic rings. The zero-order chi connectivity index (χ0) is 23.5. The van der Waals surface area contributed by atoms with Crippen LogP contribution in [0.25, 0.3) is 0 Å². The number of rotatable bonds is 10. The van der Waals surface area contributed by atoms with Crippen LogP contribution in [0.5, 0.6) is 5.75 Å². The van der Waals surface area contributed by atoms with Gasteiger partial charge < -0.3 is 14.7 Å². The molecule has 8 nitrogen and oxygen atoms in total. The van der Waals surface area contributed by atoms with E-state index in [2.05, 4.69) is 31.9 Å². The van der Waals surface area contributed by atoms with Crippen molar-refractivity contribution in [2.45, 2.75) is 6.92 Å². The Morgan fingerprint density at radius 2 is 1.27 bits per heavy atom. The number of ether oxygens (including phenoxy) is 1. The summed E-state index contributed by atoms with van der Waals surface area (Å²) in [6, 6.07) is 21.4. The molecule has 0 radical (unpaired) electrons. The Labute approximate surface area is 192 Å². The van der Waals surface area contributed by atoms with Gasteiger partial charge in [-0.15, -0.1) is 0 Å². The number of phenols is 1. The Morgan fingerprint density at radius 3 is 1.70 bits per heavy atom. The summed E-state index contributed by atoms with van der Waals surface area (Å²) in [6.07, 6.45) is 1.16. The number of nitrogens with zero attached hydrogens (tertiary/aromatic N) is 5. The fourth-order valence-corrected chi connectivity index (χ4v) is 2.85. The highest BCUT2D eigenvalue weighted by Crippen LogP contribution is 2.25. The van der Waals surface area contributed by atoms with Gasteiger partial charge in [-0.05, 0) is 79.7 Å². The van der Waals surface area contributed by atoms with Crippen LogP contribution in [-0.2, 0) is 9.53 Å². The number of esters is 1. The van der Waals surface area contributed by atoms with Crippen LogP contribution >= 0.6 is 0 Å². The van der Waals surface area contributed by atoms with Gasteiger partial charge in [0.05, 0.1) is 29.3 Å². The fourth-order valence-electron chi connectivity index (χ4n) is 2.85. The molecular formula is C25H25N5O3. The normalized spacial score (nSPS) is 11.1. The van der Waals surface area contributed by atoms with Crippen LogP contribution in [-0.4, -0.2) is 30.8 Å². The SMILES string of the molecule is C=CC(=O)OCCN(CC)c1ccc(N=Nc2ccc(N=Nc3ccc(O)cc3)cc2)cc1. The van der Waals surface area contributed by atoms with Crippen molar-refractivity contribution in [1.82, 2.24) is 0 Å². The van der Waals surface area contributed by atoms with E-state index in [9.17, 15) is 9.90 Å². The number of anilines is 1. The summed E-state index contributed by atoms with van der Waals surface area (Å²) in [5, 5.41) is 26.1. The topological polar surface area (TPSA) is 99.2 Å². The molecule has 8 heteroatoms. The van der Waals surface area contributed by atoms with Crippen molar-refractivity contribution < 1.29 is 14.6 Å². The van der Waals surface area contributed by atoms with E-state index in [0.717, 1.165) is 24.0 Å².